The van der Waals surface area contributed by atoms with Gasteiger partial charge in [-0.15, -0.1) is 0 Å². The molecular weight excluding hydrogens is 250 g/mol. The van der Waals surface area contributed by atoms with Crippen LogP contribution in [0, 0.1) is 0 Å². The fraction of sp³-hybridized carbons (Fsp3) is 0.0833. The van der Waals surface area contributed by atoms with Crippen molar-refractivity contribution in [1.82, 2.24) is 14.6 Å². The van der Waals surface area contributed by atoms with Gasteiger partial charge in [-0.25, -0.2) is 4.98 Å². The Morgan fingerprint density at radius 1 is 1.39 bits per heavy atom. The van der Waals surface area contributed by atoms with Gasteiger partial charge >= 0.3 is 0 Å². The first-order valence-corrected chi connectivity index (χ1v) is 6.08. The van der Waals surface area contributed by atoms with Gasteiger partial charge in [-0.3, -0.25) is 4.79 Å². The van der Waals surface area contributed by atoms with Gasteiger partial charge in [0.25, 0.3) is 5.56 Å². The largest absolute Gasteiger partial charge is 0.496 e. The predicted molar refractivity (Wildman–Crippen MR) is 68.9 cm³/mol. The Balaban J connectivity index is 2.24. The summed E-state index contributed by atoms with van der Waals surface area (Å²) >= 11 is 1.31. The normalized spacial score (nSPS) is 12.2. The van der Waals surface area contributed by atoms with Gasteiger partial charge in [-0.05, 0) is 12.1 Å². The van der Waals surface area contributed by atoms with E-state index in [2.05, 4.69) is 10.1 Å². The van der Waals surface area contributed by atoms with E-state index in [1.807, 2.05) is 24.3 Å². The van der Waals surface area contributed by atoms with Crippen LogP contribution in [0.5, 0.6) is 5.75 Å². The maximum absolute atomic E-state index is 12.0. The predicted octanol–water partition coefficient (Wildman–Crippen LogP) is 0.707. The van der Waals surface area contributed by atoms with E-state index in [1.54, 1.807) is 13.2 Å². The summed E-state index contributed by atoms with van der Waals surface area (Å²) in [7, 11) is 1.60. The number of hydrogen-bond acceptors (Lipinski definition) is 5. The van der Waals surface area contributed by atoms with Gasteiger partial charge in [0, 0.05) is 5.56 Å². The lowest BCUT2D eigenvalue weighted by Gasteiger charge is -2.02. The molecule has 0 amide bonds. The van der Waals surface area contributed by atoms with Crippen LogP contribution in [0.3, 0.4) is 0 Å². The minimum atomic E-state index is -0.154. The zero-order valence-corrected chi connectivity index (χ0v) is 10.3. The van der Waals surface area contributed by atoms with Crippen molar-refractivity contribution >= 4 is 22.4 Å². The molecule has 0 atom stereocenters. The van der Waals surface area contributed by atoms with Crippen LogP contribution < -0.4 is 14.8 Å². The molecule has 0 N–H and O–H groups in total. The highest BCUT2D eigenvalue weighted by atomic mass is 32.1. The number of ether oxygens (including phenoxy) is 1. The molecule has 0 aliphatic carbocycles. The van der Waals surface area contributed by atoms with Gasteiger partial charge in [-0.2, -0.15) is 9.61 Å². The highest BCUT2D eigenvalue weighted by Crippen LogP contribution is 2.17. The Kier molecular flexibility index (Phi) is 2.56. The van der Waals surface area contributed by atoms with Gasteiger partial charge in [0.05, 0.1) is 11.6 Å². The average molecular weight is 259 g/mol. The second-order valence-electron chi connectivity index (χ2n) is 3.61. The molecule has 2 heterocycles. The second kappa shape index (κ2) is 4.23. The number of para-hydroxylation sites is 1. The van der Waals surface area contributed by atoms with Crippen LogP contribution >= 0.6 is 11.3 Å². The van der Waals surface area contributed by atoms with Crippen molar-refractivity contribution in [3.8, 4) is 5.75 Å². The van der Waals surface area contributed by atoms with Gasteiger partial charge in [0.1, 0.15) is 12.1 Å². The molecule has 0 unspecified atom stereocenters. The van der Waals surface area contributed by atoms with Crippen LogP contribution in [-0.4, -0.2) is 21.7 Å². The lowest BCUT2D eigenvalue weighted by Crippen LogP contribution is -2.23. The van der Waals surface area contributed by atoms with E-state index in [-0.39, 0.29) is 5.56 Å². The number of nitrogens with zero attached hydrogens (tertiary/aromatic N) is 3. The highest BCUT2D eigenvalue weighted by molar-refractivity contribution is 7.15. The van der Waals surface area contributed by atoms with Crippen molar-refractivity contribution in [3.05, 3.63) is 51.0 Å². The number of thiazole rings is 1. The fourth-order valence-electron chi connectivity index (χ4n) is 1.70. The molecule has 3 rings (SSSR count). The Morgan fingerprint density at radius 2 is 2.22 bits per heavy atom. The molecule has 0 bridgehead atoms. The number of rotatable bonds is 2. The quantitative estimate of drug-likeness (QED) is 0.680. The molecule has 0 radical (unpaired) electrons. The number of benzene rings is 1. The third kappa shape index (κ3) is 1.67. The lowest BCUT2D eigenvalue weighted by molar-refractivity contribution is 0.414. The molecule has 90 valence electrons. The fourth-order valence-corrected chi connectivity index (χ4v) is 2.58. The van der Waals surface area contributed by atoms with E-state index in [1.165, 1.54) is 22.2 Å². The summed E-state index contributed by atoms with van der Waals surface area (Å²) in [4.78, 5) is 16.6. The summed E-state index contributed by atoms with van der Waals surface area (Å²) in [6.07, 6.45) is 3.17. The number of hydrogen-bond donors (Lipinski definition) is 0. The summed E-state index contributed by atoms with van der Waals surface area (Å²) < 4.78 is 7.14. The molecule has 6 heteroatoms. The van der Waals surface area contributed by atoms with Crippen molar-refractivity contribution in [2.45, 2.75) is 0 Å². The molecule has 0 spiro atoms. The Hall–Kier alpha value is -2.21. The van der Waals surface area contributed by atoms with Crippen molar-refractivity contribution in [1.29, 1.82) is 0 Å². The molecule has 0 aliphatic heterocycles. The topological polar surface area (TPSA) is 56.5 Å². The number of fused-ring (bicyclic) bond motifs is 1. The Morgan fingerprint density at radius 3 is 3.00 bits per heavy atom. The first kappa shape index (κ1) is 10.9. The van der Waals surface area contributed by atoms with E-state index in [0.29, 0.717) is 9.49 Å². The average Bonchev–Trinajstić information content (AvgIpc) is 2.95. The summed E-state index contributed by atoms with van der Waals surface area (Å²) in [6, 6.07) is 7.54. The molecule has 0 saturated heterocycles. The van der Waals surface area contributed by atoms with E-state index in [9.17, 15) is 4.79 Å². The van der Waals surface area contributed by atoms with Gasteiger partial charge in [0.15, 0.2) is 0 Å². The monoisotopic (exact) mass is 259 g/mol. The van der Waals surface area contributed by atoms with Crippen LogP contribution in [0.2, 0.25) is 0 Å². The van der Waals surface area contributed by atoms with E-state index in [0.717, 1.165) is 11.3 Å². The number of methoxy groups -OCH3 is 1. The van der Waals surface area contributed by atoms with Crippen LogP contribution in [-0.2, 0) is 0 Å². The van der Waals surface area contributed by atoms with E-state index in [4.69, 9.17) is 4.74 Å². The lowest BCUT2D eigenvalue weighted by atomic mass is 10.2. The molecule has 0 fully saturated rings. The summed E-state index contributed by atoms with van der Waals surface area (Å²) in [5.74, 6) is 0.732. The first-order valence-electron chi connectivity index (χ1n) is 5.27. The molecule has 0 saturated carbocycles. The van der Waals surface area contributed by atoms with Crippen LogP contribution in [0.1, 0.15) is 5.56 Å². The molecular formula is C12H9N3O2S. The second-order valence-corrected chi connectivity index (χ2v) is 4.62. The van der Waals surface area contributed by atoms with Crippen LogP contribution in [0.15, 0.2) is 35.4 Å². The Labute approximate surface area is 106 Å². The van der Waals surface area contributed by atoms with E-state index >= 15 is 0 Å². The minimum absolute atomic E-state index is 0.154. The Bertz CT molecular complexity index is 806. The number of aromatic nitrogens is 3. The maximum Gasteiger partial charge on any atom is 0.291 e. The molecule has 2 aromatic heterocycles. The summed E-state index contributed by atoms with van der Waals surface area (Å²) in [5, 5.41) is 3.88. The molecule has 18 heavy (non-hydrogen) atoms. The third-order valence-electron chi connectivity index (χ3n) is 2.55. The smallest absolute Gasteiger partial charge is 0.291 e. The van der Waals surface area contributed by atoms with Crippen molar-refractivity contribution in [3.63, 3.8) is 0 Å². The molecule has 1 aromatic carbocycles. The van der Waals surface area contributed by atoms with Crippen molar-refractivity contribution in [2.75, 3.05) is 7.11 Å². The zero-order chi connectivity index (χ0) is 12.5. The standard InChI is InChI=1S/C12H9N3O2S/c1-17-9-5-3-2-4-8(9)6-10-11(16)15-12(18-10)13-7-14-15/h2-7H,1H3. The van der Waals surface area contributed by atoms with Crippen molar-refractivity contribution < 1.29 is 4.74 Å². The SMILES string of the molecule is COc1ccccc1C=c1sc2ncnn2c1=O. The van der Waals surface area contributed by atoms with Gasteiger partial charge < -0.3 is 4.74 Å². The minimum Gasteiger partial charge on any atom is -0.496 e. The van der Waals surface area contributed by atoms with Crippen molar-refractivity contribution in [2.24, 2.45) is 0 Å². The van der Waals surface area contributed by atoms with E-state index < -0.39 is 0 Å². The highest BCUT2D eigenvalue weighted by Gasteiger charge is 2.06. The molecule has 5 nitrogen and oxygen atoms in total. The van der Waals surface area contributed by atoms with Gasteiger partial charge in [0.2, 0.25) is 4.96 Å². The zero-order valence-electron chi connectivity index (χ0n) is 9.53. The third-order valence-corrected chi connectivity index (χ3v) is 3.52. The van der Waals surface area contributed by atoms with Gasteiger partial charge in [-0.1, -0.05) is 29.5 Å². The molecule has 3 aromatic rings. The maximum atomic E-state index is 12.0. The molecule has 0 aliphatic rings. The summed E-state index contributed by atoms with van der Waals surface area (Å²) in [5.41, 5.74) is 0.708. The van der Waals surface area contributed by atoms with Crippen LogP contribution in [0.25, 0.3) is 11.0 Å². The first-order chi connectivity index (χ1) is 8.79. The van der Waals surface area contributed by atoms with Crippen LogP contribution in [0.4, 0.5) is 0 Å². The summed E-state index contributed by atoms with van der Waals surface area (Å²) in [6.45, 7) is 0.